The van der Waals surface area contributed by atoms with Gasteiger partial charge in [0, 0.05) is 56.1 Å². The van der Waals surface area contributed by atoms with Crippen LogP contribution >= 0.6 is 24.8 Å². The lowest BCUT2D eigenvalue weighted by Crippen LogP contribution is -2.43. The third kappa shape index (κ3) is 9.02. The minimum absolute atomic E-state index is 0. The molecule has 1 fully saturated rings. The lowest BCUT2D eigenvalue weighted by atomic mass is 10.0. The molecule has 0 aromatic heterocycles. The lowest BCUT2D eigenvalue weighted by Gasteiger charge is -2.28. The maximum atomic E-state index is 13.8. The maximum absolute atomic E-state index is 13.8. The second-order valence-electron chi connectivity index (χ2n) is 8.80. The number of ether oxygens (including phenoxy) is 1. The Morgan fingerprint density at radius 3 is 2.27 bits per heavy atom. The van der Waals surface area contributed by atoms with Gasteiger partial charge in [-0.15, -0.1) is 24.8 Å². The van der Waals surface area contributed by atoms with E-state index in [0.717, 1.165) is 19.2 Å². The number of nitrogens with one attached hydrogen (secondary N) is 3. The Hall–Kier alpha value is -3.51. The van der Waals surface area contributed by atoms with Gasteiger partial charge in [-0.1, -0.05) is 24.3 Å². The van der Waals surface area contributed by atoms with Crippen LogP contribution in [0.3, 0.4) is 0 Å². The van der Waals surface area contributed by atoms with Crippen molar-refractivity contribution in [2.45, 2.75) is 19.3 Å². The molecule has 13 heteroatoms. The molecule has 0 spiro atoms. The standard InChI is InChI=1S/C27H28F3N5O3.2ClH/c28-27(29,30)23-15-21(8-5-20(23)17-35-13-11-32-12-14-35)34-26(37)33-16-19-3-1-2-4-24(19)38-22-9-6-18(7-10-22)25(31)36;;/h1-10,15,32H,11-14,16-17H2,(H2,31,36)(H2,33,34,37);2*1H. The van der Waals surface area contributed by atoms with Crippen molar-refractivity contribution in [1.82, 2.24) is 15.5 Å². The van der Waals surface area contributed by atoms with Crippen molar-refractivity contribution in [3.63, 3.8) is 0 Å². The molecule has 1 saturated heterocycles. The van der Waals surface area contributed by atoms with Gasteiger partial charge in [0.1, 0.15) is 11.5 Å². The van der Waals surface area contributed by atoms with Crippen molar-refractivity contribution in [2.24, 2.45) is 5.73 Å². The number of hydrogen-bond donors (Lipinski definition) is 4. The summed E-state index contributed by atoms with van der Waals surface area (Å²) in [6, 6.07) is 16.4. The molecule has 3 amide bonds. The van der Waals surface area contributed by atoms with Gasteiger partial charge >= 0.3 is 12.2 Å². The van der Waals surface area contributed by atoms with Crippen LogP contribution in [0.4, 0.5) is 23.7 Å². The lowest BCUT2D eigenvalue weighted by molar-refractivity contribution is -0.138. The van der Waals surface area contributed by atoms with Crippen molar-refractivity contribution < 1.29 is 27.5 Å². The molecule has 4 rings (SSSR count). The van der Waals surface area contributed by atoms with E-state index in [1.54, 1.807) is 36.4 Å². The van der Waals surface area contributed by atoms with Gasteiger partial charge in [0.15, 0.2) is 0 Å². The van der Waals surface area contributed by atoms with E-state index in [9.17, 15) is 22.8 Å². The first kappa shape index (κ1) is 32.7. The molecule has 8 nitrogen and oxygen atoms in total. The maximum Gasteiger partial charge on any atom is 0.416 e. The van der Waals surface area contributed by atoms with Crippen molar-refractivity contribution in [3.05, 3.63) is 89.0 Å². The molecule has 0 atom stereocenters. The molecule has 3 aromatic rings. The van der Waals surface area contributed by atoms with Crippen molar-refractivity contribution in [2.75, 3.05) is 31.5 Å². The number of benzene rings is 3. The normalized spacial score (nSPS) is 13.4. The number of hydrogen-bond acceptors (Lipinski definition) is 5. The zero-order valence-corrected chi connectivity index (χ0v) is 22.9. The number of nitrogens with two attached hydrogens (primary N) is 1. The van der Waals surface area contributed by atoms with Crippen LogP contribution in [-0.2, 0) is 19.3 Å². The van der Waals surface area contributed by atoms with Crippen LogP contribution in [0.25, 0.3) is 0 Å². The van der Waals surface area contributed by atoms with Gasteiger partial charge < -0.3 is 26.4 Å². The van der Waals surface area contributed by atoms with Crippen LogP contribution in [0.15, 0.2) is 66.7 Å². The Bertz CT molecular complexity index is 1290. The fourth-order valence-corrected chi connectivity index (χ4v) is 4.08. The van der Waals surface area contributed by atoms with E-state index in [1.807, 2.05) is 4.90 Å². The molecule has 0 aliphatic carbocycles. The zero-order chi connectivity index (χ0) is 27.1. The molecular weight excluding hydrogens is 570 g/mol. The fraction of sp³-hybridized carbons (Fsp3) is 0.259. The molecule has 1 aliphatic rings. The van der Waals surface area contributed by atoms with E-state index in [2.05, 4.69) is 16.0 Å². The number of carbonyl (C=O) groups excluding carboxylic acids is 2. The summed E-state index contributed by atoms with van der Waals surface area (Å²) in [5.74, 6) is 0.382. The number of anilines is 1. The number of urea groups is 1. The second-order valence-corrected chi connectivity index (χ2v) is 8.80. The Morgan fingerprint density at radius 1 is 0.950 bits per heavy atom. The van der Waals surface area contributed by atoms with Crippen LogP contribution in [0, 0.1) is 0 Å². The molecular formula is C27H30Cl2F3N5O3. The number of para-hydroxylation sites is 1. The molecule has 0 unspecified atom stereocenters. The Kier molecular flexibility index (Phi) is 12.1. The predicted octanol–water partition coefficient (Wildman–Crippen LogP) is 5.17. The van der Waals surface area contributed by atoms with Crippen LogP contribution in [0.5, 0.6) is 11.5 Å². The highest BCUT2D eigenvalue weighted by Crippen LogP contribution is 2.34. The highest BCUT2D eigenvalue weighted by molar-refractivity contribution is 5.92. The number of amides is 3. The second kappa shape index (κ2) is 14.8. The van der Waals surface area contributed by atoms with Gasteiger partial charge in [-0.25, -0.2) is 4.79 Å². The Morgan fingerprint density at radius 2 is 1.62 bits per heavy atom. The van der Waals surface area contributed by atoms with Crippen molar-refractivity contribution >= 4 is 42.4 Å². The molecule has 40 heavy (non-hydrogen) atoms. The first-order chi connectivity index (χ1) is 18.2. The van der Waals surface area contributed by atoms with E-state index in [-0.39, 0.29) is 49.2 Å². The summed E-state index contributed by atoms with van der Waals surface area (Å²) >= 11 is 0. The summed E-state index contributed by atoms with van der Waals surface area (Å²) in [5.41, 5.74) is 5.68. The first-order valence-corrected chi connectivity index (χ1v) is 12.0. The van der Waals surface area contributed by atoms with Crippen LogP contribution in [-0.4, -0.2) is 43.0 Å². The molecule has 1 heterocycles. The number of primary amides is 1. The van der Waals surface area contributed by atoms with Crippen LogP contribution in [0.2, 0.25) is 0 Å². The molecule has 0 bridgehead atoms. The molecule has 1 aliphatic heterocycles. The van der Waals surface area contributed by atoms with Gasteiger partial charge in [0.05, 0.1) is 5.56 Å². The van der Waals surface area contributed by atoms with Crippen molar-refractivity contribution in [3.8, 4) is 11.5 Å². The van der Waals surface area contributed by atoms with Gasteiger partial charge in [-0.05, 0) is 48.0 Å². The smallest absolute Gasteiger partial charge is 0.416 e. The van der Waals surface area contributed by atoms with Gasteiger partial charge in [-0.2, -0.15) is 13.2 Å². The fourth-order valence-electron chi connectivity index (χ4n) is 4.08. The minimum atomic E-state index is -4.55. The van der Waals surface area contributed by atoms with Crippen LogP contribution < -0.4 is 26.4 Å². The number of nitrogens with zero attached hydrogens (tertiary/aromatic N) is 1. The number of halogens is 5. The topological polar surface area (TPSA) is 109 Å². The third-order valence-corrected chi connectivity index (χ3v) is 6.06. The third-order valence-electron chi connectivity index (χ3n) is 6.06. The number of alkyl halides is 3. The summed E-state index contributed by atoms with van der Waals surface area (Å²) in [6.45, 7) is 3.06. The summed E-state index contributed by atoms with van der Waals surface area (Å²) in [6.07, 6.45) is -4.55. The van der Waals surface area contributed by atoms with E-state index in [1.165, 1.54) is 24.3 Å². The monoisotopic (exact) mass is 599 g/mol. The molecule has 5 N–H and O–H groups in total. The highest BCUT2D eigenvalue weighted by atomic mass is 35.5. The van der Waals surface area contributed by atoms with Gasteiger partial charge in [-0.3, -0.25) is 9.69 Å². The van der Waals surface area contributed by atoms with Crippen LogP contribution in [0.1, 0.15) is 27.0 Å². The summed E-state index contributed by atoms with van der Waals surface area (Å²) in [5, 5.41) is 8.31. The average molecular weight is 600 g/mol. The number of rotatable bonds is 8. The number of piperazine rings is 1. The minimum Gasteiger partial charge on any atom is -0.457 e. The summed E-state index contributed by atoms with van der Waals surface area (Å²) < 4.78 is 47.2. The average Bonchev–Trinajstić information content (AvgIpc) is 2.89. The Balaban J connectivity index is 0.00000280. The highest BCUT2D eigenvalue weighted by Gasteiger charge is 2.34. The zero-order valence-electron chi connectivity index (χ0n) is 21.3. The SMILES string of the molecule is Cl.Cl.NC(=O)c1ccc(Oc2ccccc2CNC(=O)Nc2ccc(CN3CCNCC3)c(C(F)(F)F)c2)cc1. The van der Waals surface area contributed by atoms with Gasteiger partial charge in [0.25, 0.3) is 0 Å². The quantitative estimate of drug-likeness (QED) is 0.286. The summed E-state index contributed by atoms with van der Waals surface area (Å²) in [4.78, 5) is 25.7. The molecule has 216 valence electrons. The van der Waals surface area contributed by atoms with E-state index in [0.29, 0.717) is 35.7 Å². The largest absolute Gasteiger partial charge is 0.457 e. The molecule has 0 saturated carbocycles. The van der Waals surface area contributed by atoms with E-state index in [4.69, 9.17) is 10.5 Å². The Labute approximate surface area is 242 Å². The van der Waals surface area contributed by atoms with Gasteiger partial charge in [0.2, 0.25) is 5.91 Å². The first-order valence-electron chi connectivity index (χ1n) is 12.0. The van der Waals surface area contributed by atoms with E-state index >= 15 is 0 Å². The van der Waals surface area contributed by atoms with Crippen molar-refractivity contribution in [1.29, 1.82) is 0 Å². The van der Waals surface area contributed by atoms with E-state index < -0.39 is 23.7 Å². The molecule has 0 radical (unpaired) electrons. The summed E-state index contributed by atoms with van der Waals surface area (Å²) in [7, 11) is 0. The predicted molar refractivity (Wildman–Crippen MR) is 151 cm³/mol. The molecule has 3 aromatic carbocycles. The number of carbonyl (C=O) groups is 2.